The fourth-order valence-corrected chi connectivity index (χ4v) is 3.01. The number of anilines is 1. The molecule has 29 heavy (non-hydrogen) atoms. The van der Waals surface area contributed by atoms with E-state index in [0.717, 1.165) is 4.90 Å². The van der Waals surface area contributed by atoms with E-state index < -0.39 is 17.9 Å². The molecule has 2 heterocycles. The Labute approximate surface area is 169 Å². The molecule has 0 unspecified atom stereocenters. The summed E-state index contributed by atoms with van der Waals surface area (Å²) < 4.78 is 5.68. The van der Waals surface area contributed by atoms with Crippen LogP contribution in [0.5, 0.6) is 0 Å². The highest BCUT2D eigenvalue weighted by atomic mass is 35.5. The number of aromatic carboxylic acids is 1. The SMILES string of the molecule is O=C([O-])c1cccc(-c2ccc(/C=C3\NC(=O)N(c4ccc(Cl)cc4)C3=O)o2)c1. The topological polar surface area (TPSA) is 103 Å². The molecular weight excluding hydrogens is 396 g/mol. The second-order valence-corrected chi connectivity index (χ2v) is 6.61. The average molecular weight is 408 g/mol. The third kappa shape index (κ3) is 3.63. The van der Waals surface area contributed by atoms with Gasteiger partial charge in [-0.1, -0.05) is 29.8 Å². The van der Waals surface area contributed by atoms with Gasteiger partial charge in [0, 0.05) is 16.7 Å². The maximum atomic E-state index is 12.6. The molecule has 2 aromatic carbocycles. The normalized spacial score (nSPS) is 15.1. The van der Waals surface area contributed by atoms with Crippen molar-refractivity contribution < 1.29 is 23.9 Å². The highest BCUT2D eigenvalue weighted by Gasteiger charge is 2.35. The minimum Gasteiger partial charge on any atom is -0.545 e. The molecule has 8 heteroatoms. The summed E-state index contributed by atoms with van der Waals surface area (Å²) in [4.78, 5) is 36.9. The van der Waals surface area contributed by atoms with Crippen molar-refractivity contribution in [2.75, 3.05) is 4.90 Å². The molecule has 4 rings (SSSR count). The van der Waals surface area contributed by atoms with Crippen LogP contribution < -0.4 is 15.3 Å². The molecule has 0 aliphatic carbocycles. The second-order valence-electron chi connectivity index (χ2n) is 6.18. The molecule has 1 aliphatic rings. The Balaban J connectivity index is 1.60. The number of nitrogens with one attached hydrogen (secondary N) is 1. The molecule has 3 amide bonds. The Morgan fingerprint density at radius 3 is 2.55 bits per heavy atom. The second kappa shape index (κ2) is 7.29. The van der Waals surface area contributed by atoms with Crippen molar-refractivity contribution >= 4 is 41.3 Å². The van der Waals surface area contributed by atoms with E-state index in [1.54, 1.807) is 48.5 Å². The van der Waals surface area contributed by atoms with Gasteiger partial charge in [-0.2, -0.15) is 0 Å². The molecule has 3 aromatic rings. The number of hydrogen-bond donors (Lipinski definition) is 1. The van der Waals surface area contributed by atoms with E-state index in [9.17, 15) is 19.5 Å². The number of carbonyl (C=O) groups is 3. The smallest absolute Gasteiger partial charge is 0.333 e. The van der Waals surface area contributed by atoms with Crippen LogP contribution in [0.1, 0.15) is 16.1 Å². The van der Waals surface area contributed by atoms with Crippen molar-refractivity contribution in [1.82, 2.24) is 5.32 Å². The van der Waals surface area contributed by atoms with E-state index in [1.807, 2.05) is 0 Å². The van der Waals surface area contributed by atoms with Gasteiger partial charge >= 0.3 is 6.03 Å². The Morgan fingerprint density at radius 1 is 1.07 bits per heavy atom. The number of halogens is 1. The monoisotopic (exact) mass is 407 g/mol. The fraction of sp³-hybridized carbons (Fsp3) is 0. The lowest BCUT2D eigenvalue weighted by Crippen LogP contribution is -2.30. The van der Waals surface area contributed by atoms with E-state index in [-0.39, 0.29) is 11.3 Å². The molecule has 1 N–H and O–H groups in total. The number of benzene rings is 2. The van der Waals surface area contributed by atoms with Crippen LogP contribution in [-0.2, 0) is 4.79 Å². The molecule has 0 bridgehead atoms. The third-order valence-corrected chi connectivity index (χ3v) is 4.51. The van der Waals surface area contributed by atoms with E-state index in [4.69, 9.17) is 16.0 Å². The first-order chi connectivity index (χ1) is 13.9. The zero-order valence-electron chi connectivity index (χ0n) is 14.7. The molecule has 1 fully saturated rings. The summed E-state index contributed by atoms with van der Waals surface area (Å²) in [6.45, 7) is 0. The van der Waals surface area contributed by atoms with Gasteiger partial charge in [0.25, 0.3) is 5.91 Å². The largest absolute Gasteiger partial charge is 0.545 e. The molecule has 7 nitrogen and oxygen atoms in total. The number of urea groups is 1. The highest BCUT2D eigenvalue weighted by Crippen LogP contribution is 2.27. The number of carboxylic acids is 1. The summed E-state index contributed by atoms with van der Waals surface area (Å²) in [6.07, 6.45) is 1.41. The summed E-state index contributed by atoms with van der Waals surface area (Å²) in [7, 11) is 0. The Morgan fingerprint density at radius 2 is 1.83 bits per heavy atom. The van der Waals surface area contributed by atoms with Gasteiger partial charge in [0.15, 0.2) is 0 Å². The minimum absolute atomic E-state index is 0.0237. The van der Waals surface area contributed by atoms with Gasteiger partial charge in [-0.05, 0) is 48.0 Å². The highest BCUT2D eigenvalue weighted by molar-refractivity contribution is 6.31. The van der Waals surface area contributed by atoms with Crippen LogP contribution in [0.25, 0.3) is 17.4 Å². The summed E-state index contributed by atoms with van der Waals surface area (Å²) >= 11 is 5.84. The lowest BCUT2D eigenvalue weighted by Gasteiger charge is -2.11. The van der Waals surface area contributed by atoms with Crippen LogP contribution in [0.3, 0.4) is 0 Å². The van der Waals surface area contributed by atoms with Crippen molar-refractivity contribution in [2.45, 2.75) is 0 Å². The summed E-state index contributed by atoms with van der Waals surface area (Å²) in [6, 6.07) is 15.1. The zero-order valence-corrected chi connectivity index (χ0v) is 15.5. The van der Waals surface area contributed by atoms with Crippen LogP contribution in [-0.4, -0.2) is 17.9 Å². The van der Waals surface area contributed by atoms with Gasteiger partial charge < -0.3 is 19.6 Å². The van der Waals surface area contributed by atoms with Crippen LogP contribution in [0, 0.1) is 0 Å². The molecule has 0 radical (unpaired) electrons. The number of carbonyl (C=O) groups excluding carboxylic acids is 3. The maximum Gasteiger partial charge on any atom is 0.333 e. The first-order valence-electron chi connectivity index (χ1n) is 8.47. The molecule has 1 aliphatic heterocycles. The van der Waals surface area contributed by atoms with Crippen LogP contribution in [0.4, 0.5) is 10.5 Å². The first kappa shape index (κ1) is 18.5. The molecule has 1 aromatic heterocycles. The van der Waals surface area contributed by atoms with E-state index in [2.05, 4.69) is 5.32 Å². The van der Waals surface area contributed by atoms with E-state index >= 15 is 0 Å². The van der Waals surface area contributed by atoms with Crippen molar-refractivity contribution in [3.05, 3.63) is 82.7 Å². The number of nitrogens with zero attached hydrogens (tertiary/aromatic N) is 1. The number of carboxylic acid groups (broad SMARTS) is 1. The fourth-order valence-electron chi connectivity index (χ4n) is 2.89. The van der Waals surface area contributed by atoms with E-state index in [1.165, 1.54) is 18.2 Å². The Hall–Kier alpha value is -3.84. The quantitative estimate of drug-likeness (QED) is 0.529. The van der Waals surface area contributed by atoms with Crippen LogP contribution in [0.2, 0.25) is 5.02 Å². The summed E-state index contributed by atoms with van der Waals surface area (Å²) in [5.74, 6) is -1.09. The summed E-state index contributed by atoms with van der Waals surface area (Å²) in [5.41, 5.74) is 1.01. The lowest BCUT2D eigenvalue weighted by molar-refractivity contribution is -0.255. The summed E-state index contributed by atoms with van der Waals surface area (Å²) in [5, 5.41) is 14.0. The predicted octanol–water partition coefficient (Wildman–Crippen LogP) is 3.06. The molecule has 0 saturated carbocycles. The van der Waals surface area contributed by atoms with Gasteiger partial charge in [0.05, 0.1) is 11.7 Å². The van der Waals surface area contributed by atoms with Gasteiger partial charge in [0.2, 0.25) is 0 Å². The van der Waals surface area contributed by atoms with Crippen molar-refractivity contribution in [2.24, 2.45) is 0 Å². The van der Waals surface area contributed by atoms with Crippen LogP contribution >= 0.6 is 11.6 Å². The van der Waals surface area contributed by atoms with Crippen molar-refractivity contribution in [3.8, 4) is 11.3 Å². The maximum absolute atomic E-state index is 12.6. The standard InChI is InChI=1S/C21H13ClN2O5/c22-14-4-6-15(7-5-14)24-19(25)17(23-21(24)28)11-16-8-9-18(29-16)12-2-1-3-13(10-12)20(26)27/h1-11H,(H,23,28)(H,26,27)/p-1/b17-11-. The van der Waals surface area contributed by atoms with E-state index in [0.29, 0.717) is 27.8 Å². The average Bonchev–Trinajstić information content (AvgIpc) is 3.28. The van der Waals surface area contributed by atoms with Gasteiger partial charge in [-0.25, -0.2) is 9.69 Å². The number of amides is 3. The number of imide groups is 1. The van der Waals surface area contributed by atoms with Crippen LogP contribution in [0.15, 0.2) is 70.8 Å². The number of rotatable bonds is 4. The van der Waals surface area contributed by atoms with Crippen molar-refractivity contribution in [1.29, 1.82) is 0 Å². The lowest BCUT2D eigenvalue weighted by atomic mass is 10.1. The van der Waals surface area contributed by atoms with Gasteiger partial charge in [-0.3, -0.25) is 4.79 Å². The van der Waals surface area contributed by atoms with Crippen molar-refractivity contribution in [3.63, 3.8) is 0 Å². The zero-order chi connectivity index (χ0) is 20.5. The molecule has 1 saturated heterocycles. The van der Waals surface area contributed by atoms with Gasteiger partial charge in [-0.15, -0.1) is 0 Å². The Bertz CT molecular complexity index is 1160. The molecule has 144 valence electrons. The first-order valence-corrected chi connectivity index (χ1v) is 8.84. The molecule has 0 atom stereocenters. The number of hydrogen-bond acceptors (Lipinski definition) is 5. The molecule has 0 spiro atoms. The van der Waals surface area contributed by atoms with Gasteiger partial charge in [0.1, 0.15) is 17.2 Å². The number of furan rings is 1. The Kier molecular flexibility index (Phi) is 4.66. The minimum atomic E-state index is -1.29. The predicted molar refractivity (Wildman–Crippen MR) is 104 cm³/mol. The third-order valence-electron chi connectivity index (χ3n) is 4.26. The molecular formula is C21H12ClN2O5-.